The number of rotatable bonds is 8. The number of nitrogens with one attached hydrogen (secondary N) is 2. The summed E-state index contributed by atoms with van der Waals surface area (Å²) in [6, 6.07) is 8.62. The molecule has 8 heteroatoms. The molecule has 6 nitrogen and oxygen atoms in total. The first-order chi connectivity index (χ1) is 13.1. The van der Waals surface area contributed by atoms with Crippen molar-refractivity contribution in [3.8, 4) is 5.75 Å². The largest absolute Gasteiger partial charge is 0.435 e. The highest BCUT2D eigenvalue weighted by Crippen LogP contribution is 2.25. The van der Waals surface area contributed by atoms with Crippen molar-refractivity contribution in [1.82, 2.24) is 20.4 Å². The van der Waals surface area contributed by atoms with Gasteiger partial charge < -0.3 is 10.1 Å². The fraction of sp³-hybridized carbons (Fsp3) is 0.474. The Morgan fingerprint density at radius 2 is 2.22 bits per heavy atom. The summed E-state index contributed by atoms with van der Waals surface area (Å²) in [5, 5.41) is 9.87. The maximum atomic E-state index is 12.4. The van der Waals surface area contributed by atoms with Crippen LogP contribution in [0.2, 0.25) is 0 Å². The predicted octanol–water partition coefficient (Wildman–Crippen LogP) is 2.55. The number of amides is 1. The highest BCUT2D eigenvalue weighted by Gasteiger charge is 2.23. The van der Waals surface area contributed by atoms with Crippen LogP contribution in [0.4, 0.5) is 8.78 Å². The molecule has 2 N–H and O–H groups in total. The summed E-state index contributed by atoms with van der Waals surface area (Å²) < 4.78 is 29.4. The Morgan fingerprint density at radius 1 is 1.37 bits per heavy atom. The Labute approximate surface area is 156 Å². The fourth-order valence-corrected chi connectivity index (χ4v) is 3.46. The van der Waals surface area contributed by atoms with E-state index < -0.39 is 6.61 Å². The molecule has 3 rings (SSSR count). The van der Waals surface area contributed by atoms with Crippen LogP contribution in [0.5, 0.6) is 5.75 Å². The van der Waals surface area contributed by atoms with Crippen molar-refractivity contribution in [2.45, 2.75) is 31.8 Å². The number of halogens is 2. The van der Waals surface area contributed by atoms with Crippen molar-refractivity contribution in [2.24, 2.45) is 0 Å². The second-order valence-corrected chi connectivity index (χ2v) is 6.67. The van der Waals surface area contributed by atoms with Crippen LogP contribution >= 0.6 is 0 Å². The van der Waals surface area contributed by atoms with Gasteiger partial charge in [-0.15, -0.1) is 0 Å². The third-order valence-corrected chi connectivity index (χ3v) is 4.74. The Bertz CT molecular complexity index is 724. The van der Waals surface area contributed by atoms with Crippen LogP contribution in [0.1, 0.15) is 30.0 Å². The number of nitrogens with zero attached hydrogens (tertiary/aromatic N) is 2. The molecule has 27 heavy (non-hydrogen) atoms. The summed E-state index contributed by atoms with van der Waals surface area (Å²) >= 11 is 0. The van der Waals surface area contributed by atoms with E-state index in [0.29, 0.717) is 31.0 Å². The van der Waals surface area contributed by atoms with E-state index in [1.54, 1.807) is 24.4 Å². The number of carbonyl (C=O) groups excluding carboxylic acids is 1. The number of piperidine rings is 1. The van der Waals surface area contributed by atoms with Crippen molar-refractivity contribution < 1.29 is 18.3 Å². The minimum atomic E-state index is -2.86. The zero-order valence-corrected chi connectivity index (χ0v) is 15.0. The second kappa shape index (κ2) is 9.45. The summed E-state index contributed by atoms with van der Waals surface area (Å²) in [4.78, 5) is 14.4. The van der Waals surface area contributed by atoms with Gasteiger partial charge in [-0.2, -0.15) is 13.9 Å². The van der Waals surface area contributed by atoms with Gasteiger partial charge in [-0.05, 0) is 43.5 Å². The predicted molar refractivity (Wildman–Crippen MR) is 96.8 cm³/mol. The first kappa shape index (κ1) is 19.3. The maximum absolute atomic E-state index is 12.4. The molecule has 146 valence electrons. The summed E-state index contributed by atoms with van der Waals surface area (Å²) in [6.07, 6.45) is 4.30. The third-order valence-electron chi connectivity index (χ3n) is 4.74. The number of aromatic amines is 1. The number of alkyl halides is 2. The normalized spacial score (nSPS) is 17.8. The number of likely N-dealkylation sites (tertiary alicyclic amines) is 1. The number of aromatic nitrogens is 2. The molecule has 1 aliphatic rings. The van der Waals surface area contributed by atoms with Crippen LogP contribution in [0.25, 0.3) is 0 Å². The Hall–Kier alpha value is -2.48. The van der Waals surface area contributed by atoms with Gasteiger partial charge in [0.1, 0.15) is 5.75 Å². The molecule has 0 aliphatic carbocycles. The van der Waals surface area contributed by atoms with Gasteiger partial charge in [0.15, 0.2) is 0 Å². The molecule has 1 fully saturated rings. The molecule has 1 amide bonds. The minimum absolute atomic E-state index is 0.0625. The summed E-state index contributed by atoms with van der Waals surface area (Å²) in [5.41, 5.74) is 1.76. The van der Waals surface area contributed by atoms with Gasteiger partial charge in [0.25, 0.3) is 0 Å². The van der Waals surface area contributed by atoms with Gasteiger partial charge in [0, 0.05) is 30.9 Å². The summed E-state index contributed by atoms with van der Waals surface area (Å²) in [7, 11) is 0. The number of ether oxygens (including phenoxy) is 1. The van der Waals surface area contributed by atoms with Crippen LogP contribution < -0.4 is 10.1 Å². The van der Waals surface area contributed by atoms with Gasteiger partial charge in [0.05, 0.1) is 6.54 Å². The zero-order chi connectivity index (χ0) is 19.1. The van der Waals surface area contributed by atoms with Crippen molar-refractivity contribution in [2.75, 3.05) is 26.2 Å². The molecule has 1 aromatic carbocycles. The van der Waals surface area contributed by atoms with Crippen LogP contribution in [0, 0.1) is 0 Å². The Balaban J connectivity index is 1.44. The van der Waals surface area contributed by atoms with E-state index in [-0.39, 0.29) is 11.7 Å². The van der Waals surface area contributed by atoms with E-state index >= 15 is 0 Å². The van der Waals surface area contributed by atoms with Crippen molar-refractivity contribution in [1.29, 1.82) is 0 Å². The first-order valence-corrected chi connectivity index (χ1v) is 9.13. The van der Waals surface area contributed by atoms with E-state index in [9.17, 15) is 13.6 Å². The van der Waals surface area contributed by atoms with Crippen molar-refractivity contribution in [3.05, 3.63) is 47.8 Å². The molecular formula is C19H24F2N4O2. The molecule has 0 saturated carbocycles. The molecule has 2 aromatic rings. The maximum Gasteiger partial charge on any atom is 0.387 e. The van der Waals surface area contributed by atoms with E-state index in [0.717, 1.165) is 31.6 Å². The van der Waals surface area contributed by atoms with Gasteiger partial charge in [-0.1, -0.05) is 18.2 Å². The van der Waals surface area contributed by atoms with Gasteiger partial charge >= 0.3 is 6.61 Å². The quantitative estimate of drug-likeness (QED) is 0.741. The van der Waals surface area contributed by atoms with Crippen LogP contribution in [0.15, 0.2) is 36.5 Å². The number of benzene rings is 1. The summed E-state index contributed by atoms with van der Waals surface area (Å²) in [6.45, 7) is -0.438. The number of carbonyl (C=O) groups is 1. The standard InChI is InChI=1S/C19H24F2N4O2/c20-19(21)27-17-6-2-1-4-14(17)7-9-22-18(26)13-25-11-3-5-15(12-25)16-8-10-23-24-16/h1-2,4,6,8,10,15,19H,3,5,7,9,11-13H2,(H,22,26)(H,23,24). The number of hydrogen-bond donors (Lipinski definition) is 2. The molecule has 2 heterocycles. The number of hydrogen-bond acceptors (Lipinski definition) is 4. The van der Waals surface area contributed by atoms with E-state index in [4.69, 9.17) is 0 Å². The second-order valence-electron chi connectivity index (χ2n) is 6.67. The summed E-state index contributed by atoms with van der Waals surface area (Å²) in [5.74, 6) is 0.458. The average molecular weight is 378 g/mol. The molecule has 0 spiro atoms. The van der Waals surface area contributed by atoms with Crippen LogP contribution in [-0.2, 0) is 11.2 Å². The van der Waals surface area contributed by atoms with Gasteiger partial charge in [0.2, 0.25) is 5.91 Å². The first-order valence-electron chi connectivity index (χ1n) is 9.13. The lowest BCUT2D eigenvalue weighted by Gasteiger charge is -2.31. The van der Waals surface area contributed by atoms with E-state index in [1.807, 2.05) is 6.07 Å². The van der Waals surface area contributed by atoms with Crippen molar-refractivity contribution in [3.63, 3.8) is 0 Å². The zero-order valence-electron chi connectivity index (χ0n) is 15.0. The molecule has 1 aromatic heterocycles. The molecular weight excluding hydrogens is 354 g/mol. The lowest BCUT2D eigenvalue weighted by molar-refractivity contribution is -0.122. The van der Waals surface area contributed by atoms with Crippen LogP contribution in [0.3, 0.4) is 0 Å². The fourth-order valence-electron chi connectivity index (χ4n) is 3.46. The number of para-hydroxylation sites is 1. The third kappa shape index (κ3) is 5.75. The molecule has 1 unspecified atom stereocenters. The molecule has 1 atom stereocenters. The van der Waals surface area contributed by atoms with Gasteiger partial charge in [-0.3, -0.25) is 14.8 Å². The highest BCUT2D eigenvalue weighted by atomic mass is 19.3. The van der Waals surface area contributed by atoms with Crippen molar-refractivity contribution >= 4 is 5.91 Å². The topological polar surface area (TPSA) is 70.2 Å². The Kier molecular flexibility index (Phi) is 6.75. The molecule has 1 saturated heterocycles. The van der Waals surface area contributed by atoms with E-state index in [1.165, 1.54) is 6.07 Å². The lowest BCUT2D eigenvalue weighted by atomic mass is 9.95. The monoisotopic (exact) mass is 378 g/mol. The molecule has 0 bridgehead atoms. The Morgan fingerprint density at radius 3 is 3.00 bits per heavy atom. The molecule has 0 radical (unpaired) electrons. The average Bonchev–Trinajstić information content (AvgIpc) is 3.18. The van der Waals surface area contributed by atoms with E-state index in [2.05, 4.69) is 25.2 Å². The highest BCUT2D eigenvalue weighted by molar-refractivity contribution is 5.78. The number of H-pyrrole nitrogens is 1. The lowest BCUT2D eigenvalue weighted by Crippen LogP contribution is -2.42. The van der Waals surface area contributed by atoms with Gasteiger partial charge in [-0.25, -0.2) is 0 Å². The minimum Gasteiger partial charge on any atom is -0.435 e. The SMILES string of the molecule is O=C(CN1CCCC(c2ccn[nH]2)C1)NCCc1ccccc1OC(F)F. The van der Waals surface area contributed by atoms with Crippen LogP contribution in [-0.4, -0.2) is 53.8 Å². The smallest absolute Gasteiger partial charge is 0.387 e. The molecule has 1 aliphatic heterocycles.